The van der Waals surface area contributed by atoms with E-state index in [0.29, 0.717) is 10.0 Å². The van der Waals surface area contributed by atoms with E-state index in [4.69, 9.17) is 23.2 Å². The van der Waals surface area contributed by atoms with Crippen molar-refractivity contribution in [1.82, 2.24) is 0 Å². The number of esters is 1. The molecule has 80 valence electrons. The van der Waals surface area contributed by atoms with Crippen molar-refractivity contribution in [3.63, 3.8) is 0 Å². The van der Waals surface area contributed by atoms with E-state index in [1.54, 1.807) is 12.1 Å². The van der Waals surface area contributed by atoms with Gasteiger partial charge < -0.3 is 4.74 Å². The number of methoxy groups -OCH3 is 1. The van der Waals surface area contributed by atoms with Crippen LogP contribution in [0.5, 0.6) is 0 Å². The Morgan fingerprint density at radius 1 is 1.47 bits per heavy atom. The Balaban J connectivity index is 2.16. The Labute approximate surface area is 98.1 Å². The van der Waals surface area contributed by atoms with Crippen molar-refractivity contribution in [2.45, 2.75) is 12.3 Å². The van der Waals surface area contributed by atoms with Crippen molar-refractivity contribution in [3.05, 3.63) is 33.8 Å². The van der Waals surface area contributed by atoms with Gasteiger partial charge in [0.2, 0.25) is 0 Å². The number of ether oxygens (including phenoxy) is 1. The summed E-state index contributed by atoms with van der Waals surface area (Å²) >= 11 is 11.8. The van der Waals surface area contributed by atoms with E-state index in [0.717, 1.165) is 12.0 Å². The van der Waals surface area contributed by atoms with Gasteiger partial charge in [-0.2, -0.15) is 0 Å². The van der Waals surface area contributed by atoms with Crippen molar-refractivity contribution in [2.75, 3.05) is 7.11 Å². The highest BCUT2D eigenvalue weighted by atomic mass is 35.5. The Morgan fingerprint density at radius 3 is 2.80 bits per heavy atom. The van der Waals surface area contributed by atoms with E-state index in [1.165, 1.54) is 7.11 Å². The first kappa shape index (κ1) is 10.8. The Morgan fingerprint density at radius 2 is 2.20 bits per heavy atom. The molecule has 0 spiro atoms. The van der Waals surface area contributed by atoms with Crippen LogP contribution in [0.1, 0.15) is 17.9 Å². The molecule has 1 aromatic carbocycles. The van der Waals surface area contributed by atoms with Crippen LogP contribution >= 0.6 is 23.2 Å². The third kappa shape index (κ3) is 2.11. The first-order valence-electron chi connectivity index (χ1n) is 4.66. The lowest BCUT2D eigenvalue weighted by Crippen LogP contribution is -2.03. The number of hydrogen-bond donors (Lipinski definition) is 0. The van der Waals surface area contributed by atoms with E-state index in [2.05, 4.69) is 4.74 Å². The zero-order valence-corrected chi connectivity index (χ0v) is 9.68. The van der Waals surface area contributed by atoms with Crippen molar-refractivity contribution >= 4 is 29.2 Å². The van der Waals surface area contributed by atoms with Gasteiger partial charge in [0.25, 0.3) is 0 Å². The molecule has 0 heterocycles. The van der Waals surface area contributed by atoms with Gasteiger partial charge in [-0.05, 0) is 30.0 Å². The molecule has 0 aliphatic heterocycles. The maximum absolute atomic E-state index is 11.2. The van der Waals surface area contributed by atoms with Gasteiger partial charge in [0.1, 0.15) is 0 Å². The second-order valence-electron chi connectivity index (χ2n) is 3.64. The van der Waals surface area contributed by atoms with Crippen LogP contribution in [0.4, 0.5) is 0 Å². The number of rotatable bonds is 2. The van der Waals surface area contributed by atoms with Crippen LogP contribution < -0.4 is 0 Å². The molecule has 4 heteroatoms. The smallest absolute Gasteiger partial charge is 0.309 e. The lowest BCUT2D eigenvalue weighted by atomic mass is 10.1. The van der Waals surface area contributed by atoms with Crippen LogP contribution in [-0.2, 0) is 9.53 Å². The average Bonchev–Trinajstić information content (AvgIpc) is 2.96. The largest absolute Gasteiger partial charge is 0.469 e. The number of benzene rings is 1. The van der Waals surface area contributed by atoms with Crippen LogP contribution in [0, 0.1) is 5.92 Å². The number of hydrogen-bond acceptors (Lipinski definition) is 2. The van der Waals surface area contributed by atoms with Gasteiger partial charge in [-0.3, -0.25) is 4.79 Å². The first-order chi connectivity index (χ1) is 7.13. The van der Waals surface area contributed by atoms with Crippen molar-refractivity contribution in [3.8, 4) is 0 Å². The molecule has 0 N–H and O–H groups in total. The van der Waals surface area contributed by atoms with E-state index in [-0.39, 0.29) is 17.8 Å². The molecule has 1 aliphatic carbocycles. The Bertz CT molecular complexity index is 404. The maximum Gasteiger partial charge on any atom is 0.309 e. The fourth-order valence-corrected chi connectivity index (χ4v) is 2.30. The minimum atomic E-state index is -0.161. The van der Waals surface area contributed by atoms with Gasteiger partial charge in [-0.1, -0.05) is 29.3 Å². The molecule has 2 rings (SSSR count). The fourth-order valence-electron chi connectivity index (χ4n) is 1.75. The van der Waals surface area contributed by atoms with Gasteiger partial charge >= 0.3 is 5.97 Å². The number of carbonyl (C=O) groups excluding carboxylic acids is 1. The minimum absolute atomic E-state index is 0.0336. The predicted molar refractivity (Wildman–Crippen MR) is 59.3 cm³/mol. The second kappa shape index (κ2) is 4.03. The summed E-state index contributed by atoms with van der Waals surface area (Å²) in [4.78, 5) is 11.2. The highest BCUT2D eigenvalue weighted by Crippen LogP contribution is 2.50. The molecule has 1 aliphatic rings. The number of halogens is 2. The third-order valence-corrected chi connectivity index (χ3v) is 3.22. The van der Waals surface area contributed by atoms with Crippen molar-refractivity contribution in [1.29, 1.82) is 0 Å². The topological polar surface area (TPSA) is 26.3 Å². The summed E-state index contributed by atoms with van der Waals surface area (Å²) in [6, 6.07) is 5.36. The third-order valence-electron chi connectivity index (χ3n) is 2.66. The molecule has 0 bridgehead atoms. The second-order valence-corrected chi connectivity index (χ2v) is 4.48. The Kier molecular flexibility index (Phi) is 2.89. The van der Waals surface area contributed by atoms with Gasteiger partial charge in [0, 0.05) is 10.0 Å². The van der Waals surface area contributed by atoms with Gasteiger partial charge in [0.05, 0.1) is 13.0 Å². The van der Waals surface area contributed by atoms with Crippen LogP contribution in [0.15, 0.2) is 18.2 Å². The van der Waals surface area contributed by atoms with E-state index in [1.807, 2.05) is 6.07 Å². The monoisotopic (exact) mass is 244 g/mol. The molecule has 2 unspecified atom stereocenters. The summed E-state index contributed by atoms with van der Waals surface area (Å²) in [5.74, 6) is 0.00177. The van der Waals surface area contributed by atoms with Gasteiger partial charge in [0.15, 0.2) is 0 Å². The van der Waals surface area contributed by atoms with Crippen LogP contribution in [0.2, 0.25) is 10.0 Å². The average molecular weight is 245 g/mol. The quantitative estimate of drug-likeness (QED) is 0.747. The molecular weight excluding hydrogens is 235 g/mol. The van der Waals surface area contributed by atoms with E-state index < -0.39 is 0 Å². The molecule has 1 aromatic rings. The lowest BCUT2D eigenvalue weighted by Gasteiger charge is -2.03. The van der Waals surface area contributed by atoms with Crippen LogP contribution in [0.3, 0.4) is 0 Å². The van der Waals surface area contributed by atoms with Crippen molar-refractivity contribution in [2.24, 2.45) is 5.92 Å². The van der Waals surface area contributed by atoms with E-state index >= 15 is 0 Å². The standard InChI is InChI=1S/C11H10Cl2O2/c1-15-11(14)9-5-8(9)7-3-2-6(12)4-10(7)13/h2-4,8-9H,5H2,1H3. The molecule has 1 saturated carbocycles. The molecule has 2 atom stereocenters. The molecule has 0 amide bonds. The number of carbonyl (C=O) groups is 1. The fraction of sp³-hybridized carbons (Fsp3) is 0.364. The molecule has 0 aromatic heterocycles. The highest BCUT2D eigenvalue weighted by molar-refractivity contribution is 6.35. The van der Waals surface area contributed by atoms with Crippen LogP contribution in [-0.4, -0.2) is 13.1 Å². The molecule has 2 nitrogen and oxygen atoms in total. The molecule has 0 saturated heterocycles. The molecular formula is C11H10Cl2O2. The van der Waals surface area contributed by atoms with Crippen molar-refractivity contribution < 1.29 is 9.53 Å². The highest BCUT2D eigenvalue weighted by Gasteiger charge is 2.45. The molecule has 15 heavy (non-hydrogen) atoms. The lowest BCUT2D eigenvalue weighted by molar-refractivity contribution is -0.142. The SMILES string of the molecule is COC(=O)C1CC1c1ccc(Cl)cc1Cl. The van der Waals surface area contributed by atoms with Gasteiger partial charge in [-0.15, -0.1) is 0 Å². The maximum atomic E-state index is 11.2. The van der Waals surface area contributed by atoms with Crippen LogP contribution in [0.25, 0.3) is 0 Å². The minimum Gasteiger partial charge on any atom is -0.469 e. The summed E-state index contributed by atoms with van der Waals surface area (Å²) in [5, 5.41) is 1.23. The Hall–Kier alpha value is -0.730. The summed E-state index contributed by atoms with van der Waals surface area (Å²) < 4.78 is 4.68. The normalized spacial score (nSPS) is 23.7. The van der Waals surface area contributed by atoms with Gasteiger partial charge in [-0.25, -0.2) is 0 Å². The van der Waals surface area contributed by atoms with E-state index in [9.17, 15) is 4.79 Å². The summed E-state index contributed by atoms with van der Waals surface area (Å²) in [7, 11) is 1.40. The zero-order valence-electron chi connectivity index (χ0n) is 8.17. The first-order valence-corrected chi connectivity index (χ1v) is 5.42. The molecule has 1 fully saturated rings. The predicted octanol–water partition coefficient (Wildman–Crippen LogP) is 3.27. The summed E-state index contributed by atoms with van der Waals surface area (Å²) in [6.45, 7) is 0. The molecule has 0 radical (unpaired) electrons. The summed E-state index contributed by atoms with van der Waals surface area (Å²) in [5.41, 5.74) is 0.983. The summed E-state index contributed by atoms with van der Waals surface area (Å²) in [6.07, 6.45) is 0.814. The zero-order chi connectivity index (χ0) is 11.0.